The fraction of sp³-hybridized carbons (Fsp3) is 0.304. The molecule has 3 rings (SSSR count). The number of rotatable bonds is 6. The Morgan fingerprint density at radius 1 is 1.03 bits per heavy atom. The summed E-state index contributed by atoms with van der Waals surface area (Å²) in [6, 6.07) is 6.64. The number of hydrogen-bond acceptors (Lipinski definition) is 3. The van der Waals surface area contributed by atoms with Gasteiger partial charge in [-0.1, -0.05) is 6.07 Å². The molecule has 160 valence electrons. The molecule has 0 saturated heterocycles. The lowest BCUT2D eigenvalue weighted by Gasteiger charge is -2.11. The van der Waals surface area contributed by atoms with E-state index in [0.717, 1.165) is 33.9 Å². The van der Waals surface area contributed by atoms with Gasteiger partial charge in [0.05, 0.1) is 22.7 Å². The Bertz CT molecular complexity index is 1060. The molecule has 0 N–H and O–H groups in total. The minimum Gasteiger partial charge on any atom is -0.366 e. The number of hydrogen-bond donors (Lipinski definition) is 0. The van der Waals surface area contributed by atoms with E-state index in [1.54, 1.807) is 12.3 Å². The lowest BCUT2D eigenvalue weighted by Crippen LogP contribution is -2.14. The summed E-state index contributed by atoms with van der Waals surface area (Å²) in [6.45, 7) is 8.62. The van der Waals surface area contributed by atoms with E-state index >= 15 is 0 Å². The van der Waals surface area contributed by atoms with Crippen molar-refractivity contribution in [3.05, 3.63) is 68.5 Å². The number of aliphatic imine (C=N–C) groups is 1. The third kappa shape index (κ3) is 5.52. The fourth-order valence-corrected chi connectivity index (χ4v) is 3.77. The smallest absolute Gasteiger partial charge is 0.133 e. The first-order chi connectivity index (χ1) is 13.8. The van der Waals surface area contributed by atoms with Crippen LogP contribution in [-0.2, 0) is 6.42 Å². The van der Waals surface area contributed by atoms with Crippen molar-refractivity contribution in [1.29, 1.82) is 0 Å². The Labute approximate surface area is 191 Å². The van der Waals surface area contributed by atoms with E-state index in [9.17, 15) is 8.78 Å². The standard InChI is InChI=1S/C23H25F2N3S.BrH/c1-6-28(5)13-26-21-9-14(2)17(7-16(21)4)10-23-27-22(12-29-23)18-11-19(24)15(3)8-20(18)25;/h7-9,11-13H,6,10H2,1-5H3;1H. The van der Waals surface area contributed by atoms with Gasteiger partial charge in [-0.15, -0.1) is 28.3 Å². The molecule has 1 heterocycles. The van der Waals surface area contributed by atoms with E-state index in [1.807, 2.05) is 25.2 Å². The maximum absolute atomic E-state index is 14.2. The molecular weight excluding hydrogens is 468 g/mol. The van der Waals surface area contributed by atoms with Gasteiger partial charge in [0.2, 0.25) is 0 Å². The van der Waals surface area contributed by atoms with Crippen LogP contribution in [0.3, 0.4) is 0 Å². The van der Waals surface area contributed by atoms with E-state index in [2.05, 4.69) is 36.0 Å². The fourth-order valence-electron chi connectivity index (χ4n) is 2.95. The number of aromatic nitrogens is 1. The molecule has 3 nitrogen and oxygen atoms in total. The summed E-state index contributed by atoms with van der Waals surface area (Å²) in [6.07, 6.45) is 2.48. The van der Waals surface area contributed by atoms with Gasteiger partial charge in [-0.3, -0.25) is 0 Å². The Kier molecular flexibility index (Phi) is 8.26. The van der Waals surface area contributed by atoms with E-state index < -0.39 is 11.6 Å². The number of halogens is 3. The van der Waals surface area contributed by atoms with Crippen molar-refractivity contribution in [2.75, 3.05) is 13.6 Å². The van der Waals surface area contributed by atoms with Crippen molar-refractivity contribution in [3.8, 4) is 11.3 Å². The normalized spacial score (nSPS) is 11.0. The first-order valence-corrected chi connectivity index (χ1v) is 10.4. The number of thiazole rings is 1. The van der Waals surface area contributed by atoms with Crippen LogP contribution >= 0.6 is 28.3 Å². The molecular formula is C23H26BrF2N3S. The lowest BCUT2D eigenvalue weighted by molar-refractivity contribution is 0.552. The largest absolute Gasteiger partial charge is 0.366 e. The second-order valence-electron chi connectivity index (χ2n) is 7.27. The van der Waals surface area contributed by atoms with Gasteiger partial charge >= 0.3 is 0 Å². The van der Waals surface area contributed by atoms with E-state index in [1.165, 1.54) is 23.5 Å². The Balaban J connectivity index is 0.00000320. The van der Waals surface area contributed by atoms with Crippen LogP contribution in [0.4, 0.5) is 14.5 Å². The van der Waals surface area contributed by atoms with Gasteiger partial charge in [-0.05, 0) is 68.1 Å². The Hall–Kier alpha value is -2.12. The first kappa shape index (κ1) is 24.2. The summed E-state index contributed by atoms with van der Waals surface area (Å²) in [5.41, 5.74) is 5.29. The first-order valence-electron chi connectivity index (χ1n) is 9.53. The van der Waals surface area contributed by atoms with Gasteiger partial charge < -0.3 is 4.90 Å². The molecule has 0 amide bonds. The van der Waals surface area contributed by atoms with Crippen LogP contribution in [0.25, 0.3) is 11.3 Å². The van der Waals surface area contributed by atoms with E-state index in [-0.39, 0.29) is 22.5 Å². The summed E-state index contributed by atoms with van der Waals surface area (Å²) in [5.74, 6) is -0.876. The molecule has 0 aliphatic carbocycles. The quantitative estimate of drug-likeness (QED) is 0.279. The van der Waals surface area contributed by atoms with Crippen molar-refractivity contribution in [2.24, 2.45) is 4.99 Å². The Morgan fingerprint density at radius 2 is 1.77 bits per heavy atom. The summed E-state index contributed by atoms with van der Waals surface area (Å²) in [5, 5.41) is 2.65. The number of nitrogens with zero attached hydrogens (tertiary/aromatic N) is 3. The predicted octanol–water partition coefficient (Wildman–Crippen LogP) is 6.79. The summed E-state index contributed by atoms with van der Waals surface area (Å²) >= 11 is 1.46. The molecule has 0 aliphatic heterocycles. The average Bonchev–Trinajstić information content (AvgIpc) is 3.14. The summed E-state index contributed by atoms with van der Waals surface area (Å²) in [4.78, 5) is 11.1. The molecule has 0 fully saturated rings. The summed E-state index contributed by atoms with van der Waals surface area (Å²) in [7, 11) is 1.99. The van der Waals surface area contributed by atoms with Gasteiger partial charge in [-0.25, -0.2) is 18.8 Å². The van der Waals surface area contributed by atoms with Crippen molar-refractivity contribution in [3.63, 3.8) is 0 Å². The molecule has 0 radical (unpaired) electrons. The average molecular weight is 494 g/mol. The maximum Gasteiger partial charge on any atom is 0.133 e. The molecule has 0 aliphatic rings. The van der Waals surface area contributed by atoms with Crippen LogP contribution < -0.4 is 0 Å². The molecule has 3 aromatic rings. The molecule has 0 spiro atoms. The molecule has 7 heteroatoms. The molecule has 0 saturated carbocycles. The highest BCUT2D eigenvalue weighted by molar-refractivity contribution is 8.93. The second-order valence-corrected chi connectivity index (χ2v) is 8.21. The van der Waals surface area contributed by atoms with E-state index in [4.69, 9.17) is 0 Å². The van der Waals surface area contributed by atoms with Crippen LogP contribution in [0.5, 0.6) is 0 Å². The SMILES string of the molecule is Br.CCN(C)C=Nc1cc(C)c(Cc2nc(-c3cc(F)c(C)cc3F)cs2)cc1C. The Morgan fingerprint density at radius 3 is 2.47 bits per heavy atom. The predicted molar refractivity (Wildman–Crippen MR) is 128 cm³/mol. The van der Waals surface area contributed by atoms with Gasteiger partial charge in [0, 0.05) is 31.0 Å². The zero-order valence-electron chi connectivity index (χ0n) is 17.8. The van der Waals surface area contributed by atoms with Gasteiger partial charge in [0.25, 0.3) is 0 Å². The minimum atomic E-state index is -0.452. The zero-order chi connectivity index (χ0) is 21.1. The van der Waals surface area contributed by atoms with Crippen molar-refractivity contribution in [1.82, 2.24) is 9.88 Å². The van der Waals surface area contributed by atoms with E-state index in [0.29, 0.717) is 17.7 Å². The van der Waals surface area contributed by atoms with Crippen LogP contribution in [0.15, 0.2) is 34.6 Å². The molecule has 0 atom stereocenters. The molecule has 0 bridgehead atoms. The van der Waals surface area contributed by atoms with Crippen LogP contribution in [0.1, 0.15) is 34.2 Å². The highest BCUT2D eigenvalue weighted by Gasteiger charge is 2.14. The van der Waals surface area contributed by atoms with Gasteiger partial charge in [0.1, 0.15) is 11.6 Å². The molecule has 0 unspecified atom stereocenters. The van der Waals surface area contributed by atoms with Gasteiger partial charge in [0.15, 0.2) is 0 Å². The van der Waals surface area contributed by atoms with Gasteiger partial charge in [-0.2, -0.15) is 0 Å². The van der Waals surface area contributed by atoms with Crippen LogP contribution in [-0.4, -0.2) is 29.8 Å². The van der Waals surface area contributed by atoms with Crippen molar-refractivity contribution >= 4 is 40.3 Å². The summed E-state index contributed by atoms with van der Waals surface area (Å²) < 4.78 is 28.1. The highest BCUT2D eigenvalue weighted by Crippen LogP contribution is 2.29. The van der Waals surface area contributed by atoms with Crippen molar-refractivity contribution in [2.45, 2.75) is 34.1 Å². The molecule has 1 aromatic heterocycles. The second kappa shape index (κ2) is 10.3. The lowest BCUT2D eigenvalue weighted by atomic mass is 10.0. The molecule has 2 aromatic carbocycles. The zero-order valence-corrected chi connectivity index (χ0v) is 20.3. The third-order valence-electron chi connectivity index (χ3n) is 4.96. The van der Waals surface area contributed by atoms with Crippen LogP contribution in [0, 0.1) is 32.4 Å². The third-order valence-corrected chi connectivity index (χ3v) is 5.81. The minimum absolute atomic E-state index is 0. The number of aryl methyl sites for hydroxylation is 3. The maximum atomic E-state index is 14.2. The van der Waals surface area contributed by atoms with Crippen molar-refractivity contribution < 1.29 is 8.78 Å². The number of benzene rings is 2. The van der Waals surface area contributed by atoms with Crippen LogP contribution in [0.2, 0.25) is 0 Å². The highest BCUT2D eigenvalue weighted by atomic mass is 79.9. The monoisotopic (exact) mass is 493 g/mol. The molecule has 30 heavy (non-hydrogen) atoms. The topological polar surface area (TPSA) is 28.5 Å².